The number of amides is 2. The smallest absolute Gasteiger partial charge is 0.259 e. The third kappa shape index (κ3) is 3.17. The lowest BCUT2D eigenvalue weighted by atomic mass is 10.2. The first-order valence-electron chi connectivity index (χ1n) is 5.05. The van der Waals surface area contributed by atoms with E-state index in [0.717, 1.165) is 0 Å². The van der Waals surface area contributed by atoms with Crippen molar-refractivity contribution in [3.8, 4) is 5.88 Å². The molecule has 0 bridgehead atoms. The molecule has 0 saturated heterocycles. The topological polar surface area (TPSA) is 71.5 Å². The van der Waals surface area contributed by atoms with E-state index in [9.17, 15) is 9.59 Å². The molecule has 1 rings (SSSR count). The van der Waals surface area contributed by atoms with Gasteiger partial charge in [-0.3, -0.25) is 9.59 Å². The molecule has 0 aliphatic carbocycles. The Morgan fingerprint density at radius 3 is 2.82 bits per heavy atom. The van der Waals surface area contributed by atoms with E-state index in [1.165, 1.54) is 25.3 Å². The number of likely N-dealkylation sites (N-methyl/N-ethyl adjacent to an activating group) is 2. The van der Waals surface area contributed by atoms with Crippen molar-refractivity contribution in [2.45, 2.75) is 0 Å². The van der Waals surface area contributed by atoms with Gasteiger partial charge in [-0.1, -0.05) is 0 Å². The molecule has 0 aromatic carbocycles. The molecule has 0 radical (unpaired) electrons. The highest BCUT2D eigenvalue weighted by molar-refractivity contribution is 5.98. The van der Waals surface area contributed by atoms with Crippen LogP contribution < -0.4 is 10.1 Å². The van der Waals surface area contributed by atoms with E-state index in [1.54, 1.807) is 19.2 Å². The van der Waals surface area contributed by atoms with Crippen LogP contribution in [0.25, 0.3) is 0 Å². The number of hydrogen-bond acceptors (Lipinski definition) is 4. The Bertz CT molecular complexity index is 420. The molecule has 1 N–H and O–H groups in total. The van der Waals surface area contributed by atoms with Gasteiger partial charge >= 0.3 is 0 Å². The zero-order chi connectivity index (χ0) is 12.8. The minimum atomic E-state index is -0.307. The summed E-state index contributed by atoms with van der Waals surface area (Å²) < 4.78 is 4.99. The van der Waals surface area contributed by atoms with E-state index in [2.05, 4.69) is 10.3 Å². The van der Waals surface area contributed by atoms with Gasteiger partial charge in [0.25, 0.3) is 5.91 Å². The van der Waals surface area contributed by atoms with Gasteiger partial charge < -0.3 is 15.0 Å². The molecule has 0 unspecified atom stereocenters. The van der Waals surface area contributed by atoms with E-state index < -0.39 is 0 Å². The second kappa shape index (κ2) is 5.83. The van der Waals surface area contributed by atoms with Crippen LogP contribution in [-0.2, 0) is 4.79 Å². The van der Waals surface area contributed by atoms with Gasteiger partial charge in [0.2, 0.25) is 11.8 Å². The molecule has 0 fully saturated rings. The predicted octanol–water partition coefficient (Wildman–Crippen LogP) is -0.0918. The maximum absolute atomic E-state index is 12.0. The fourth-order valence-electron chi connectivity index (χ4n) is 1.29. The van der Waals surface area contributed by atoms with Gasteiger partial charge in [-0.2, -0.15) is 0 Å². The Labute approximate surface area is 99.6 Å². The predicted molar refractivity (Wildman–Crippen MR) is 61.8 cm³/mol. The van der Waals surface area contributed by atoms with Crippen molar-refractivity contribution in [1.82, 2.24) is 15.2 Å². The molecule has 6 nitrogen and oxygen atoms in total. The van der Waals surface area contributed by atoms with Crippen molar-refractivity contribution in [2.24, 2.45) is 0 Å². The Morgan fingerprint density at radius 1 is 1.53 bits per heavy atom. The number of pyridine rings is 1. The summed E-state index contributed by atoms with van der Waals surface area (Å²) in [6, 6.07) is 3.25. The fourth-order valence-corrected chi connectivity index (χ4v) is 1.29. The van der Waals surface area contributed by atoms with Gasteiger partial charge in [-0.25, -0.2) is 4.98 Å². The Balaban J connectivity index is 2.85. The van der Waals surface area contributed by atoms with Crippen molar-refractivity contribution < 1.29 is 14.3 Å². The van der Waals surface area contributed by atoms with Crippen molar-refractivity contribution in [3.63, 3.8) is 0 Å². The molecule has 0 spiro atoms. The first kappa shape index (κ1) is 13.0. The third-order valence-electron chi connectivity index (χ3n) is 2.20. The van der Waals surface area contributed by atoms with Gasteiger partial charge in [0.1, 0.15) is 5.56 Å². The first-order valence-corrected chi connectivity index (χ1v) is 5.05. The average molecular weight is 237 g/mol. The molecule has 0 saturated carbocycles. The molecular formula is C11H15N3O3. The number of methoxy groups -OCH3 is 1. The first-order chi connectivity index (χ1) is 8.10. The number of aromatic nitrogens is 1. The maximum Gasteiger partial charge on any atom is 0.259 e. The van der Waals surface area contributed by atoms with Crippen LogP contribution in [0.3, 0.4) is 0 Å². The summed E-state index contributed by atoms with van der Waals surface area (Å²) in [5.41, 5.74) is 0.335. The van der Waals surface area contributed by atoms with Crippen molar-refractivity contribution in [3.05, 3.63) is 23.9 Å². The number of carbonyl (C=O) groups is 2. The highest BCUT2D eigenvalue weighted by atomic mass is 16.5. The molecule has 1 heterocycles. The highest BCUT2D eigenvalue weighted by Gasteiger charge is 2.18. The summed E-state index contributed by atoms with van der Waals surface area (Å²) >= 11 is 0. The van der Waals surface area contributed by atoms with Gasteiger partial charge in [0.15, 0.2) is 0 Å². The fraction of sp³-hybridized carbons (Fsp3) is 0.364. The minimum absolute atomic E-state index is 0.00657. The molecule has 2 amide bonds. The van der Waals surface area contributed by atoms with E-state index in [-0.39, 0.29) is 24.2 Å². The number of ether oxygens (including phenoxy) is 1. The highest BCUT2D eigenvalue weighted by Crippen LogP contribution is 2.15. The van der Waals surface area contributed by atoms with E-state index in [4.69, 9.17) is 4.74 Å². The molecule has 0 aliphatic heterocycles. The number of nitrogens with one attached hydrogen (secondary N) is 1. The molecule has 1 aromatic rings. The van der Waals surface area contributed by atoms with E-state index in [1.807, 2.05) is 0 Å². The van der Waals surface area contributed by atoms with Crippen LogP contribution in [0.5, 0.6) is 5.88 Å². The monoisotopic (exact) mass is 237 g/mol. The Kier molecular flexibility index (Phi) is 4.45. The van der Waals surface area contributed by atoms with E-state index >= 15 is 0 Å². The Hall–Kier alpha value is -2.11. The average Bonchev–Trinajstić information content (AvgIpc) is 2.37. The number of carbonyl (C=O) groups excluding carboxylic acids is 2. The van der Waals surface area contributed by atoms with Crippen LogP contribution in [0.1, 0.15) is 10.4 Å². The Morgan fingerprint density at radius 2 is 2.24 bits per heavy atom. The summed E-state index contributed by atoms with van der Waals surface area (Å²) in [5, 5.41) is 2.45. The van der Waals surface area contributed by atoms with Crippen LogP contribution in [0.15, 0.2) is 18.3 Å². The van der Waals surface area contributed by atoms with Gasteiger partial charge in [0, 0.05) is 20.3 Å². The van der Waals surface area contributed by atoms with Crippen LogP contribution in [0.2, 0.25) is 0 Å². The van der Waals surface area contributed by atoms with Crippen molar-refractivity contribution in [1.29, 1.82) is 0 Å². The zero-order valence-corrected chi connectivity index (χ0v) is 10.1. The lowest BCUT2D eigenvalue weighted by Crippen LogP contribution is -2.37. The summed E-state index contributed by atoms with van der Waals surface area (Å²) in [5.74, 6) is -0.288. The molecular weight excluding hydrogens is 222 g/mol. The standard InChI is InChI=1S/C11H15N3O3/c1-12-9(15)7-14(2)11(16)8-5-4-6-13-10(8)17-3/h4-6H,7H2,1-3H3,(H,12,15). The summed E-state index contributed by atoms with van der Waals surface area (Å²) in [6.07, 6.45) is 1.54. The third-order valence-corrected chi connectivity index (χ3v) is 2.20. The number of nitrogens with zero attached hydrogens (tertiary/aromatic N) is 2. The normalized spacial score (nSPS) is 9.59. The number of hydrogen-bond donors (Lipinski definition) is 1. The van der Waals surface area contributed by atoms with Crippen molar-refractivity contribution in [2.75, 3.05) is 27.7 Å². The molecule has 1 aromatic heterocycles. The number of rotatable bonds is 4. The van der Waals surface area contributed by atoms with Crippen LogP contribution in [-0.4, -0.2) is 49.4 Å². The second-order valence-corrected chi connectivity index (χ2v) is 3.39. The van der Waals surface area contributed by atoms with Crippen LogP contribution in [0.4, 0.5) is 0 Å². The maximum atomic E-state index is 12.0. The van der Waals surface area contributed by atoms with E-state index in [0.29, 0.717) is 5.56 Å². The van der Waals surface area contributed by atoms with Gasteiger partial charge in [-0.05, 0) is 12.1 Å². The van der Waals surface area contributed by atoms with Gasteiger partial charge in [-0.15, -0.1) is 0 Å². The summed E-state index contributed by atoms with van der Waals surface area (Å²) in [6.45, 7) is -0.00657. The lowest BCUT2D eigenvalue weighted by molar-refractivity contribution is -0.121. The molecule has 17 heavy (non-hydrogen) atoms. The molecule has 6 heteroatoms. The summed E-state index contributed by atoms with van der Waals surface area (Å²) in [7, 11) is 4.51. The van der Waals surface area contributed by atoms with Crippen molar-refractivity contribution >= 4 is 11.8 Å². The largest absolute Gasteiger partial charge is 0.480 e. The van der Waals surface area contributed by atoms with Gasteiger partial charge in [0.05, 0.1) is 13.7 Å². The molecule has 92 valence electrons. The van der Waals surface area contributed by atoms with Crippen LogP contribution in [0, 0.1) is 0 Å². The lowest BCUT2D eigenvalue weighted by Gasteiger charge is -2.16. The zero-order valence-electron chi connectivity index (χ0n) is 10.1. The molecule has 0 aliphatic rings. The minimum Gasteiger partial charge on any atom is -0.480 e. The quantitative estimate of drug-likeness (QED) is 0.794. The summed E-state index contributed by atoms with van der Waals surface area (Å²) in [4.78, 5) is 28.4. The van der Waals surface area contributed by atoms with Crippen LogP contribution >= 0.6 is 0 Å². The molecule has 0 atom stereocenters. The second-order valence-electron chi connectivity index (χ2n) is 3.39. The SMILES string of the molecule is CNC(=O)CN(C)C(=O)c1cccnc1OC.